The molecule has 2 aromatic carbocycles. The Morgan fingerprint density at radius 3 is 2.22 bits per heavy atom. The molecule has 2 aliphatic carbocycles. The lowest BCUT2D eigenvalue weighted by Gasteiger charge is -2.28. The van der Waals surface area contributed by atoms with Crippen molar-refractivity contribution in [2.45, 2.75) is 56.7 Å². The lowest BCUT2D eigenvalue weighted by Crippen LogP contribution is -2.55. The highest BCUT2D eigenvalue weighted by Crippen LogP contribution is 2.44. The molecule has 3 atom stereocenters. The van der Waals surface area contributed by atoms with E-state index in [2.05, 4.69) is 21.3 Å². The number of hydrogen-bond donors (Lipinski definition) is 4. The third kappa shape index (κ3) is 6.85. The van der Waals surface area contributed by atoms with Gasteiger partial charge in [0.05, 0.1) is 6.04 Å². The van der Waals surface area contributed by atoms with Gasteiger partial charge in [-0.05, 0) is 47.9 Å². The highest BCUT2D eigenvalue weighted by atomic mass is 16.6. The topological polar surface area (TPSA) is 152 Å². The fraction of sp³-hybridized carbons (Fsp3) is 0.433. The first-order valence-corrected chi connectivity index (χ1v) is 13.9. The minimum Gasteiger partial charge on any atom is -0.450 e. The van der Waals surface area contributed by atoms with Crippen LogP contribution >= 0.6 is 0 Å². The molecule has 0 radical (unpaired) electrons. The van der Waals surface area contributed by atoms with E-state index in [9.17, 15) is 24.0 Å². The normalized spacial score (nSPS) is 18.8. The van der Waals surface area contributed by atoms with E-state index in [0.717, 1.165) is 35.1 Å². The van der Waals surface area contributed by atoms with Gasteiger partial charge < -0.3 is 30.7 Å². The van der Waals surface area contributed by atoms with Crippen molar-refractivity contribution in [1.82, 2.24) is 21.3 Å². The van der Waals surface area contributed by atoms with Gasteiger partial charge in [0.1, 0.15) is 13.2 Å². The first kappa shape index (κ1) is 28.1. The third-order valence-electron chi connectivity index (χ3n) is 7.63. The lowest BCUT2D eigenvalue weighted by atomic mass is 9.94. The number of carbonyl (C=O) groups is 5. The molecule has 11 nitrogen and oxygen atoms in total. The van der Waals surface area contributed by atoms with Crippen molar-refractivity contribution in [2.75, 3.05) is 19.7 Å². The van der Waals surface area contributed by atoms with E-state index in [-0.39, 0.29) is 30.9 Å². The van der Waals surface area contributed by atoms with E-state index in [4.69, 9.17) is 9.47 Å². The second-order valence-electron chi connectivity index (χ2n) is 10.7. The van der Waals surface area contributed by atoms with E-state index in [1.165, 1.54) is 6.92 Å². The summed E-state index contributed by atoms with van der Waals surface area (Å²) in [5.74, 6) is -2.60. The summed E-state index contributed by atoms with van der Waals surface area (Å²) in [4.78, 5) is 62.5. The largest absolute Gasteiger partial charge is 0.450 e. The third-order valence-corrected chi connectivity index (χ3v) is 7.63. The predicted octanol–water partition coefficient (Wildman–Crippen LogP) is 1.75. The fourth-order valence-electron chi connectivity index (χ4n) is 5.50. The monoisotopic (exact) mass is 562 g/mol. The summed E-state index contributed by atoms with van der Waals surface area (Å²) in [5, 5.41) is 10.7. The molecule has 11 heteroatoms. The molecule has 3 unspecified atom stereocenters. The van der Waals surface area contributed by atoms with Crippen LogP contribution in [-0.2, 0) is 28.7 Å². The van der Waals surface area contributed by atoms with Gasteiger partial charge in [-0.25, -0.2) is 4.79 Å². The minimum absolute atomic E-state index is 0.00178. The summed E-state index contributed by atoms with van der Waals surface area (Å²) >= 11 is 0. The molecule has 5 rings (SSSR count). The van der Waals surface area contributed by atoms with Crippen LogP contribution in [0.15, 0.2) is 48.5 Å². The quantitative estimate of drug-likeness (QED) is 0.305. The number of esters is 1. The van der Waals surface area contributed by atoms with Crippen LogP contribution in [0, 0.1) is 5.92 Å². The van der Waals surface area contributed by atoms with Crippen LogP contribution in [0.5, 0.6) is 0 Å². The Hall–Kier alpha value is -4.41. The molecule has 1 aliphatic heterocycles. The number of alkyl carbamates (subject to hydrolysis) is 1. The number of hydrogen-bond acceptors (Lipinski definition) is 7. The second-order valence-corrected chi connectivity index (χ2v) is 10.7. The van der Waals surface area contributed by atoms with Crippen LogP contribution in [0.3, 0.4) is 0 Å². The highest BCUT2D eigenvalue weighted by Gasteiger charge is 2.39. The van der Waals surface area contributed by atoms with Crippen LogP contribution in [-0.4, -0.2) is 67.7 Å². The van der Waals surface area contributed by atoms with E-state index >= 15 is 0 Å². The molecule has 4 amide bonds. The Bertz CT molecular complexity index is 1300. The average molecular weight is 563 g/mol. The number of fused-ring (bicyclic) bond motifs is 3. The summed E-state index contributed by atoms with van der Waals surface area (Å²) < 4.78 is 10.8. The number of ether oxygens (including phenoxy) is 2. The van der Waals surface area contributed by atoms with Gasteiger partial charge in [0.25, 0.3) is 5.91 Å². The van der Waals surface area contributed by atoms with Gasteiger partial charge in [-0.2, -0.15) is 0 Å². The standard InChI is InChI=1S/C30H34N4O7/c1-17(35)41-27(29(38)33-19-10-11-19)25(14-18-12-13-31-28(18)37)34-26(36)15-32-30(39)40-16-24-22-8-4-2-6-20(22)21-7-3-5-9-23(21)24/h2-9,18-19,24-25,27H,10-16H2,1H3,(H,31,37)(H,32,39)(H,33,38)(H,34,36). The zero-order valence-corrected chi connectivity index (χ0v) is 22.8. The SMILES string of the molecule is CC(=O)OC(C(=O)NC1CC1)C(CC1CCNC1=O)NC(=O)CNC(=O)OCC1c2ccccc2-c2ccccc21. The van der Waals surface area contributed by atoms with E-state index in [1.54, 1.807) is 0 Å². The molecule has 0 aromatic heterocycles. The molecule has 1 heterocycles. The Balaban J connectivity index is 1.19. The second kappa shape index (κ2) is 12.4. The van der Waals surface area contributed by atoms with Gasteiger partial charge in [0, 0.05) is 31.3 Å². The number of nitrogens with one attached hydrogen (secondary N) is 4. The summed E-state index contributed by atoms with van der Waals surface area (Å²) in [7, 11) is 0. The zero-order valence-electron chi connectivity index (χ0n) is 22.8. The van der Waals surface area contributed by atoms with Gasteiger partial charge in [-0.15, -0.1) is 0 Å². The molecule has 3 aliphatic rings. The smallest absolute Gasteiger partial charge is 0.407 e. The van der Waals surface area contributed by atoms with Crippen molar-refractivity contribution in [3.8, 4) is 11.1 Å². The van der Waals surface area contributed by atoms with Crippen molar-refractivity contribution < 1.29 is 33.4 Å². The molecule has 1 saturated heterocycles. The van der Waals surface area contributed by atoms with Crippen molar-refractivity contribution in [3.05, 3.63) is 59.7 Å². The first-order chi connectivity index (χ1) is 19.8. The molecule has 0 spiro atoms. The lowest BCUT2D eigenvalue weighted by molar-refractivity contribution is -0.157. The van der Waals surface area contributed by atoms with Gasteiger partial charge in [0.2, 0.25) is 11.8 Å². The van der Waals surface area contributed by atoms with Gasteiger partial charge in [0.15, 0.2) is 6.10 Å². The van der Waals surface area contributed by atoms with Gasteiger partial charge in [-0.1, -0.05) is 48.5 Å². The van der Waals surface area contributed by atoms with Crippen LogP contribution in [0.2, 0.25) is 0 Å². The van der Waals surface area contributed by atoms with Crippen molar-refractivity contribution in [2.24, 2.45) is 5.92 Å². The molecule has 4 N–H and O–H groups in total. The Morgan fingerprint density at radius 2 is 1.63 bits per heavy atom. The number of amides is 4. The van der Waals surface area contributed by atoms with E-state index in [1.807, 2.05) is 48.5 Å². The Morgan fingerprint density at radius 1 is 0.976 bits per heavy atom. The maximum atomic E-state index is 12.9. The fourth-order valence-corrected chi connectivity index (χ4v) is 5.50. The summed E-state index contributed by atoms with van der Waals surface area (Å²) in [6.45, 7) is 1.33. The Labute approximate surface area is 237 Å². The molecule has 2 aromatic rings. The molecule has 1 saturated carbocycles. The Kier molecular flexibility index (Phi) is 8.51. The molecule has 216 valence electrons. The molecule has 0 bridgehead atoms. The number of benzene rings is 2. The van der Waals surface area contributed by atoms with Crippen molar-refractivity contribution >= 4 is 29.8 Å². The minimum atomic E-state index is -1.32. The van der Waals surface area contributed by atoms with E-state index < -0.39 is 48.5 Å². The van der Waals surface area contributed by atoms with Crippen molar-refractivity contribution in [1.29, 1.82) is 0 Å². The van der Waals surface area contributed by atoms with Crippen LogP contribution < -0.4 is 21.3 Å². The number of rotatable bonds is 11. The van der Waals surface area contributed by atoms with Crippen LogP contribution in [0.25, 0.3) is 11.1 Å². The first-order valence-electron chi connectivity index (χ1n) is 13.9. The molecular formula is C30H34N4O7. The molecule has 41 heavy (non-hydrogen) atoms. The summed E-state index contributed by atoms with van der Waals surface area (Å²) in [6.07, 6.45) is 0.185. The van der Waals surface area contributed by atoms with Crippen molar-refractivity contribution in [3.63, 3.8) is 0 Å². The number of carbonyl (C=O) groups excluding carboxylic acids is 5. The summed E-state index contributed by atoms with van der Waals surface area (Å²) in [5.41, 5.74) is 4.34. The molecule has 2 fully saturated rings. The predicted molar refractivity (Wildman–Crippen MR) is 147 cm³/mol. The zero-order chi connectivity index (χ0) is 28.9. The maximum Gasteiger partial charge on any atom is 0.407 e. The average Bonchev–Trinajstić information content (AvgIpc) is 3.59. The summed E-state index contributed by atoms with van der Waals surface area (Å²) in [6, 6.07) is 15.0. The maximum absolute atomic E-state index is 12.9. The van der Waals surface area contributed by atoms with Crippen LogP contribution in [0.1, 0.15) is 49.7 Å². The van der Waals surface area contributed by atoms with Gasteiger partial charge >= 0.3 is 12.1 Å². The van der Waals surface area contributed by atoms with Crippen LogP contribution in [0.4, 0.5) is 4.79 Å². The van der Waals surface area contributed by atoms with E-state index in [0.29, 0.717) is 13.0 Å². The highest BCUT2D eigenvalue weighted by molar-refractivity contribution is 5.88. The molecular weight excluding hydrogens is 528 g/mol. The van der Waals surface area contributed by atoms with Gasteiger partial charge in [-0.3, -0.25) is 19.2 Å².